The first kappa shape index (κ1) is 14.5. The molecule has 1 aliphatic rings. The van der Waals surface area contributed by atoms with Crippen molar-refractivity contribution < 1.29 is 9.90 Å². The van der Waals surface area contributed by atoms with E-state index in [-0.39, 0.29) is 6.03 Å². The highest BCUT2D eigenvalue weighted by atomic mass is 16.3. The van der Waals surface area contributed by atoms with E-state index in [1.807, 2.05) is 43.3 Å². The van der Waals surface area contributed by atoms with Crippen molar-refractivity contribution in [1.82, 2.24) is 9.88 Å². The van der Waals surface area contributed by atoms with Gasteiger partial charge in [-0.25, -0.2) is 4.79 Å². The normalized spacial score (nSPS) is 17.5. The number of anilines is 1. The van der Waals surface area contributed by atoms with E-state index in [2.05, 4.69) is 10.3 Å². The molecular formula is C17H19N3O2. The number of β-amino-alcohol motifs (C(OH)–C–C–N with tert-alkyl or cyclic N) is 1. The van der Waals surface area contributed by atoms with E-state index in [0.717, 1.165) is 16.8 Å². The van der Waals surface area contributed by atoms with E-state index in [9.17, 15) is 9.90 Å². The molecule has 2 heterocycles. The van der Waals surface area contributed by atoms with Crippen LogP contribution in [0.25, 0.3) is 11.1 Å². The molecule has 0 saturated carbocycles. The molecule has 3 rings (SSSR count). The Morgan fingerprint density at radius 3 is 2.77 bits per heavy atom. The summed E-state index contributed by atoms with van der Waals surface area (Å²) in [6.45, 7) is 2.83. The van der Waals surface area contributed by atoms with Crippen molar-refractivity contribution in [2.24, 2.45) is 0 Å². The number of nitrogens with zero attached hydrogens (tertiary/aromatic N) is 2. The maximum atomic E-state index is 12.2. The molecule has 2 N–H and O–H groups in total. The largest absolute Gasteiger partial charge is 0.391 e. The maximum Gasteiger partial charge on any atom is 0.321 e. The van der Waals surface area contributed by atoms with Crippen LogP contribution in [0.3, 0.4) is 0 Å². The van der Waals surface area contributed by atoms with Crippen molar-refractivity contribution in [3.63, 3.8) is 0 Å². The van der Waals surface area contributed by atoms with Gasteiger partial charge in [-0.05, 0) is 25.0 Å². The minimum Gasteiger partial charge on any atom is -0.391 e. The van der Waals surface area contributed by atoms with Crippen LogP contribution in [-0.2, 0) is 0 Å². The molecule has 1 saturated heterocycles. The Labute approximate surface area is 129 Å². The van der Waals surface area contributed by atoms with Gasteiger partial charge in [0.15, 0.2) is 0 Å². The number of urea groups is 1. The highest BCUT2D eigenvalue weighted by molar-refractivity contribution is 5.91. The zero-order chi connectivity index (χ0) is 15.5. The number of aryl methyl sites for hydroxylation is 1. The highest BCUT2D eigenvalue weighted by Crippen LogP contribution is 2.24. The number of hydrogen-bond acceptors (Lipinski definition) is 3. The molecule has 0 aliphatic carbocycles. The van der Waals surface area contributed by atoms with E-state index >= 15 is 0 Å². The van der Waals surface area contributed by atoms with Crippen molar-refractivity contribution in [2.75, 3.05) is 18.4 Å². The molecule has 1 aromatic heterocycles. The Balaban J connectivity index is 1.80. The summed E-state index contributed by atoms with van der Waals surface area (Å²) in [5, 5.41) is 12.4. The van der Waals surface area contributed by atoms with E-state index in [4.69, 9.17) is 0 Å². The molecule has 114 valence electrons. The summed E-state index contributed by atoms with van der Waals surface area (Å²) >= 11 is 0. The second kappa shape index (κ2) is 6.15. The fourth-order valence-electron chi connectivity index (χ4n) is 2.57. The third-order valence-electron chi connectivity index (χ3n) is 3.89. The van der Waals surface area contributed by atoms with Crippen molar-refractivity contribution >= 4 is 11.7 Å². The predicted molar refractivity (Wildman–Crippen MR) is 85.6 cm³/mol. The quantitative estimate of drug-likeness (QED) is 0.895. The van der Waals surface area contributed by atoms with Gasteiger partial charge in [0.05, 0.1) is 17.5 Å². The lowest BCUT2D eigenvalue weighted by molar-refractivity contribution is 0.176. The lowest BCUT2D eigenvalue weighted by Crippen LogP contribution is -2.33. The van der Waals surface area contributed by atoms with Gasteiger partial charge in [-0.3, -0.25) is 4.98 Å². The molecule has 22 heavy (non-hydrogen) atoms. The molecule has 0 radical (unpaired) electrons. The summed E-state index contributed by atoms with van der Waals surface area (Å²) in [5.74, 6) is 0. The van der Waals surface area contributed by atoms with Gasteiger partial charge >= 0.3 is 6.03 Å². The number of aromatic nitrogens is 1. The first-order valence-electron chi connectivity index (χ1n) is 7.39. The molecule has 1 unspecified atom stereocenters. The number of benzene rings is 1. The molecule has 0 bridgehead atoms. The van der Waals surface area contributed by atoms with E-state index in [1.165, 1.54) is 0 Å². The number of amides is 2. The first-order valence-corrected chi connectivity index (χ1v) is 7.39. The SMILES string of the molecule is Cc1ncc(-c2ccccc2)cc1NC(=O)N1CCC(O)C1. The van der Waals surface area contributed by atoms with Gasteiger partial charge in [0.25, 0.3) is 0 Å². The van der Waals surface area contributed by atoms with E-state index < -0.39 is 6.10 Å². The monoisotopic (exact) mass is 297 g/mol. The van der Waals surface area contributed by atoms with Crippen molar-refractivity contribution in [1.29, 1.82) is 0 Å². The molecular weight excluding hydrogens is 278 g/mol. The van der Waals surface area contributed by atoms with Gasteiger partial charge in [-0.15, -0.1) is 0 Å². The van der Waals surface area contributed by atoms with Gasteiger partial charge in [0.2, 0.25) is 0 Å². The third-order valence-corrected chi connectivity index (χ3v) is 3.89. The average molecular weight is 297 g/mol. The number of aliphatic hydroxyl groups excluding tert-OH is 1. The van der Waals surface area contributed by atoms with E-state index in [1.54, 1.807) is 11.1 Å². The summed E-state index contributed by atoms with van der Waals surface area (Å²) in [6, 6.07) is 11.7. The zero-order valence-electron chi connectivity index (χ0n) is 12.5. The fraction of sp³-hybridized carbons (Fsp3) is 0.294. The molecule has 1 fully saturated rings. The Bertz CT molecular complexity index is 673. The summed E-state index contributed by atoms with van der Waals surface area (Å²) in [4.78, 5) is 18.2. The second-order valence-electron chi connectivity index (χ2n) is 5.54. The number of rotatable bonds is 2. The third kappa shape index (κ3) is 3.09. The van der Waals surface area contributed by atoms with Crippen molar-refractivity contribution in [3.8, 4) is 11.1 Å². The number of carbonyl (C=O) groups excluding carboxylic acids is 1. The summed E-state index contributed by atoms with van der Waals surface area (Å²) in [7, 11) is 0. The summed E-state index contributed by atoms with van der Waals surface area (Å²) < 4.78 is 0. The minimum atomic E-state index is -0.416. The van der Waals surface area contributed by atoms with Crippen LogP contribution in [0.5, 0.6) is 0 Å². The van der Waals surface area contributed by atoms with Crippen LogP contribution in [0.2, 0.25) is 0 Å². The van der Waals surface area contributed by atoms with Crippen molar-refractivity contribution in [3.05, 3.63) is 48.3 Å². The summed E-state index contributed by atoms with van der Waals surface area (Å²) in [5.41, 5.74) is 3.49. The standard InChI is InChI=1S/C17H19N3O2/c1-12-16(19-17(22)20-8-7-15(21)11-20)9-14(10-18-12)13-5-3-2-4-6-13/h2-6,9-10,15,21H,7-8,11H2,1H3,(H,19,22). The number of carbonyl (C=O) groups is 1. The number of aliphatic hydroxyl groups is 1. The van der Waals surface area contributed by atoms with Gasteiger partial charge in [-0.2, -0.15) is 0 Å². The predicted octanol–water partition coefficient (Wildman–Crippen LogP) is 2.66. The zero-order valence-corrected chi connectivity index (χ0v) is 12.5. The highest BCUT2D eigenvalue weighted by Gasteiger charge is 2.24. The van der Waals surface area contributed by atoms with Crippen LogP contribution < -0.4 is 5.32 Å². The smallest absolute Gasteiger partial charge is 0.321 e. The van der Waals surface area contributed by atoms with Gasteiger partial charge in [0, 0.05) is 24.8 Å². The lowest BCUT2D eigenvalue weighted by atomic mass is 10.1. The van der Waals surface area contributed by atoms with Crippen LogP contribution in [0.1, 0.15) is 12.1 Å². The maximum absolute atomic E-state index is 12.2. The lowest BCUT2D eigenvalue weighted by Gasteiger charge is -2.17. The molecule has 2 aromatic rings. The van der Waals surface area contributed by atoms with Crippen LogP contribution in [-0.4, -0.2) is 40.2 Å². The van der Waals surface area contributed by atoms with Gasteiger partial charge in [-0.1, -0.05) is 30.3 Å². The van der Waals surface area contributed by atoms with Crippen LogP contribution in [0.4, 0.5) is 10.5 Å². The Morgan fingerprint density at radius 1 is 1.32 bits per heavy atom. The first-order chi connectivity index (χ1) is 10.6. The Kier molecular flexibility index (Phi) is 4.06. The van der Waals surface area contributed by atoms with Gasteiger partial charge < -0.3 is 15.3 Å². The second-order valence-corrected chi connectivity index (χ2v) is 5.54. The molecule has 1 aromatic carbocycles. The van der Waals surface area contributed by atoms with Crippen LogP contribution in [0.15, 0.2) is 42.6 Å². The Hall–Kier alpha value is -2.40. The summed E-state index contributed by atoms with van der Waals surface area (Å²) in [6.07, 6.45) is 2.02. The fourth-order valence-corrected chi connectivity index (χ4v) is 2.57. The van der Waals surface area contributed by atoms with Gasteiger partial charge in [0.1, 0.15) is 0 Å². The molecule has 1 aliphatic heterocycles. The topological polar surface area (TPSA) is 65.5 Å². The van der Waals surface area contributed by atoms with Crippen molar-refractivity contribution in [2.45, 2.75) is 19.4 Å². The molecule has 1 atom stereocenters. The van der Waals surface area contributed by atoms with E-state index in [0.29, 0.717) is 25.2 Å². The number of pyridine rings is 1. The number of nitrogens with one attached hydrogen (secondary N) is 1. The van der Waals surface area contributed by atoms with Crippen LogP contribution in [0, 0.1) is 6.92 Å². The number of hydrogen-bond donors (Lipinski definition) is 2. The Morgan fingerprint density at radius 2 is 2.09 bits per heavy atom. The van der Waals surface area contributed by atoms with Crippen LogP contribution >= 0.6 is 0 Å². The molecule has 2 amide bonds. The average Bonchev–Trinajstić information content (AvgIpc) is 2.97. The minimum absolute atomic E-state index is 0.188. The molecule has 5 nitrogen and oxygen atoms in total. The molecule has 0 spiro atoms. The number of likely N-dealkylation sites (tertiary alicyclic amines) is 1. The molecule has 5 heteroatoms.